The van der Waals surface area contributed by atoms with Crippen LogP contribution < -0.4 is 4.90 Å². The van der Waals surface area contributed by atoms with E-state index < -0.39 is 5.82 Å². The molecule has 39 heavy (non-hydrogen) atoms. The van der Waals surface area contributed by atoms with E-state index in [0.717, 1.165) is 11.1 Å². The minimum atomic E-state index is -0.589. The molecule has 0 aliphatic carbocycles. The molecular formula is C25H22FN11O2. The Hall–Kier alpha value is -4.87. The minimum absolute atomic E-state index is 0.0182. The number of hydrogen-bond acceptors (Lipinski definition) is 11. The van der Waals surface area contributed by atoms with Gasteiger partial charge >= 0.3 is 0 Å². The number of nitriles is 1. The van der Waals surface area contributed by atoms with E-state index >= 15 is 0 Å². The summed E-state index contributed by atoms with van der Waals surface area (Å²) in [4.78, 5) is 20.1. The number of halogens is 1. The molecule has 0 radical (unpaired) electrons. The zero-order valence-corrected chi connectivity index (χ0v) is 20.6. The number of aliphatic hydroxyl groups excluding tert-OH is 1. The Morgan fingerprint density at radius 1 is 1.10 bits per heavy atom. The molecule has 13 nitrogen and oxygen atoms in total. The van der Waals surface area contributed by atoms with Crippen LogP contribution in [0.2, 0.25) is 0 Å². The SMILES string of the molecule is N#Cc1cc(-c2cnc3nnn(C[C@@H]4CN(c5ncc(-c6cnn(CCO)c6)cn5)CCO4)c3n2)ccc1F. The van der Waals surface area contributed by atoms with Crippen LogP contribution in [-0.2, 0) is 17.8 Å². The van der Waals surface area contributed by atoms with Crippen LogP contribution in [0.15, 0.2) is 49.2 Å². The van der Waals surface area contributed by atoms with Crippen molar-refractivity contribution in [3.8, 4) is 28.5 Å². The predicted molar refractivity (Wildman–Crippen MR) is 136 cm³/mol. The first-order valence-electron chi connectivity index (χ1n) is 12.2. The van der Waals surface area contributed by atoms with Crippen LogP contribution in [-0.4, -0.2) is 82.2 Å². The van der Waals surface area contributed by atoms with Crippen molar-refractivity contribution in [2.75, 3.05) is 31.2 Å². The summed E-state index contributed by atoms with van der Waals surface area (Å²) >= 11 is 0. The van der Waals surface area contributed by atoms with E-state index in [0.29, 0.717) is 61.3 Å². The summed E-state index contributed by atoms with van der Waals surface area (Å²) < 4.78 is 23.1. The lowest BCUT2D eigenvalue weighted by molar-refractivity contribution is 0.0273. The molecule has 4 aromatic heterocycles. The Balaban J connectivity index is 1.17. The standard InChI is InChI=1S/C25H22FN11O2/c26-21-2-1-16(7-17(21)8-27)22-12-28-23-24(32-22)37(34-33-23)15-20-14-35(4-6-39-20)25-29-9-18(10-30-25)19-11-31-36(13-19)3-5-38/h1-2,7,9-13,20,38H,3-6,14-15H2/t20-/m0/s1. The topological polar surface area (TPSA) is 157 Å². The second kappa shape index (κ2) is 10.5. The molecular weight excluding hydrogens is 505 g/mol. The lowest BCUT2D eigenvalue weighted by Crippen LogP contribution is -2.45. The van der Waals surface area contributed by atoms with E-state index in [1.165, 1.54) is 18.3 Å². The zero-order chi connectivity index (χ0) is 26.8. The van der Waals surface area contributed by atoms with Crippen molar-refractivity contribution in [2.45, 2.75) is 19.2 Å². The molecule has 0 unspecified atom stereocenters. The molecule has 14 heteroatoms. The molecule has 0 amide bonds. The van der Waals surface area contributed by atoms with Crippen LogP contribution in [0.25, 0.3) is 33.7 Å². The van der Waals surface area contributed by atoms with Crippen molar-refractivity contribution in [3.63, 3.8) is 0 Å². The Morgan fingerprint density at radius 3 is 2.79 bits per heavy atom. The van der Waals surface area contributed by atoms with Crippen LogP contribution >= 0.6 is 0 Å². The van der Waals surface area contributed by atoms with Gasteiger partial charge in [-0.3, -0.25) is 4.68 Å². The number of aliphatic hydroxyl groups is 1. The van der Waals surface area contributed by atoms with Gasteiger partial charge in [-0.1, -0.05) is 5.21 Å². The van der Waals surface area contributed by atoms with Gasteiger partial charge in [0.15, 0.2) is 5.65 Å². The number of aromatic nitrogens is 9. The van der Waals surface area contributed by atoms with Gasteiger partial charge < -0.3 is 14.7 Å². The van der Waals surface area contributed by atoms with Gasteiger partial charge in [-0.05, 0) is 18.2 Å². The number of morpholine rings is 1. The number of anilines is 1. The second-order valence-electron chi connectivity index (χ2n) is 8.91. The Kier molecular flexibility index (Phi) is 6.57. The van der Waals surface area contributed by atoms with Gasteiger partial charge in [0, 0.05) is 48.4 Å². The maximum Gasteiger partial charge on any atom is 0.225 e. The molecule has 1 N–H and O–H groups in total. The van der Waals surface area contributed by atoms with E-state index in [4.69, 9.17) is 15.1 Å². The molecule has 0 saturated carbocycles. The Labute approximate surface area is 221 Å². The monoisotopic (exact) mass is 527 g/mol. The lowest BCUT2D eigenvalue weighted by Gasteiger charge is -2.32. The van der Waals surface area contributed by atoms with Crippen molar-refractivity contribution in [1.29, 1.82) is 5.26 Å². The fourth-order valence-corrected chi connectivity index (χ4v) is 4.36. The molecule has 0 bridgehead atoms. The summed E-state index contributed by atoms with van der Waals surface area (Å²) in [7, 11) is 0. The fourth-order valence-electron chi connectivity index (χ4n) is 4.36. The number of fused-ring (bicyclic) bond motifs is 1. The van der Waals surface area contributed by atoms with Gasteiger partial charge in [-0.2, -0.15) is 10.4 Å². The average Bonchev–Trinajstić information content (AvgIpc) is 3.61. The highest BCUT2D eigenvalue weighted by atomic mass is 19.1. The molecule has 1 fully saturated rings. The Bertz CT molecular complexity index is 1660. The molecule has 196 valence electrons. The van der Waals surface area contributed by atoms with E-state index in [9.17, 15) is 4.39 Å². The van der Waals surface area contributed by atoms with Crippen molar-refractivity contribution >= 4 is 17.2 Å². The van der Waals surface area contributed by atoms with Crippen LogP contribution in [0, 0.1) is 17.1 Å². The summed E-state index contributed by atoms with van der Waals surface area (Å²) in [6.45, 7) is 2.48. The molecule has 1 aliphatic rings. The van der Waals surface area contributed by atoms with Gasteiger partial charge in [0.05, 0.1) is 56.1 Å². The van der Waals surface area contributed by atoms with Crippen LogP contribution in [0.4, 0.5) is 10.3 Å². The summed E-state index contributed by atoms with van der Waals surface area (Å²) in [6, 6.07) is 6.06. The summed E-state index contributed by atoms with van der Waals surface area (Å²) in [5, 5.41) is 30.8. The zero-order valence-electron chi connectivity index (χ0n) is 20.6. The largest absolute Gasteiger partial charge is 0.394 e. The maximum atomic E-state index is 13.8. The van der Waals surface area contributed by atoms with Crippen LogP contribution in [0.3, 0.4) is 0 Å². The molecule has 6 rings (SSSR count). The van der Waals surface area contributed by atoms with Crippen molar-refractivity contribution < 1.29 is 14.2 Å². The van der Waals surface area contributed by atoms with Crippen molar-refractivity contribution in [3.05, 3.63) is 60.6 Å². The van der Waals surface area contributed by atoms with Crippen molar-refractivity contribution in [2.24, 2.45) is 0 Å². The van der Waals surface area contributed by atoms with Crippen LogP contribution in [0.5, 0.6) is 0 Å². The van der Waals surface area contributed by atoms with Gasteiger partial charge in [0.2, 0.25) is 11.6 Å². The van der Waals surface area contributed by atoms with Crippen LogP contribution in [0.1, 0.15) is 5.56 Å². The average molecular weight is 528 g/mol. The highest BCUT2D eigenvalue weighted by molar-refractivity contribution is 5.70. The molecule has 1 aromatic carbocycles. The third kappa shape index (κ3) is 5.00. The minimum Gasteiger partial charge on any atom is -0.394 e. The molecule has 5 heterocycles. The summed E-state index contributed by atoms with van der Waals surface area (Å²) in [5.74, 6) is -0.00119. The number of ether oxygens (including phenoxy) is 1. The first-order valence-corrected chi connectivity index (χ1v) is 12.2. The number of nitrogens with zero attached hydrogens (tertiary/aromatic N) is 11. The number of hydrogen-bond donors (Lipinski definition) is 1. The lowest BCUT2D eigenvalue weighted by atomic mass is 10.1. The third-order valence-corrected chi connectivity index (χ3v) is 6.34. The Morgan fingerprint density at radius 2 is 1.97 bits per heavy atom. The van der Waals surface area contributed by atoms with Gasteiger partial charge in [-0.15, -0.1) is 5.10 Å². The molecule has 1 atom stereocenters. The highest BCUT2D eigenvalue weighted by Gasteiger charge is 2.24. The number of benzene rings is 1. The van der Waals surface area contributed by atoms with Gasteiger partial charge in [-0.25, -0.2) is 29.0 Å². The summed E-state index contributed by atoms with van der Waals surface area (Å²) in [5.41, 5.74) is 3.51. The van der Waals surface area contributed by atoms with Gasteiger partial charge in [0.25, 0.3) is 0 Å². The smallest absolute Gasteiger partial charge is 0.225 e. The van der Waals surface area contributed by atoms with E-state index in [1.54, 1.807) is 34.0 Å². The maximum absolute atomic E-state index is 13.8. The number of rotatable bonds is 7. The molecule has 5 aromatic rings. The van der Waals surface area contributed by atoms with Crippen molar-refractivity contribution in [1.82, 2.24) is 44.7 Å². The first kappa shape index (κ1) is 24.5. The molecule has 0 spiro atoms. The quantitative estimate of drug-likeness (QED) is 0.327. The van der Waals surface area contributed by atoms with E-state index in [2.05, 4.69) is 35.3 Å². The van der Waals surface area contributed by atoms with E-state index in [1.807, 2.05) is 17.2 Å². The highest BCUT2D eigenvalue weighted by Crippen LogP contribution is 2.23. The summed E-state index contributed by atoms with van der Waals surface area (Å²) in [6.07, 6.45) is 8.35. The predicted octanol–water partition coefficient (Wildman–Crippen LogP) is 1.45. The molecule has 1 saturated heterocycles. The third-order valence-electron chi connectivity index (χ3n) is 6.34. The van der Waals surface area contributed by atoms with E-state index in [-0.39, 0.29) is 18.3 Å². The normalized spacial score (nSPS) is 15.5. The van der Waals surface area contributed by atoms with Gasteiger partial charge in [0.1, 0.15) is 11.9 Å². The molecule has 1 aliphatic heterocycles. The second-order valence-corrected chi connectivity index (χ2v) is 8.91. The fraction of sp³-hybridized carbons (Fsp3) is 0.280. The first-order chi connectivity index (χ1) is 19.1.